The highest BCUT2D eigenvalue weighted by molar-refractivity contribution is 7.90. The first-order chi connectivity index (χ1) is 7.44. The molecular weight excluding hydrogens is 229 g/mol. The van der Waals surface area contributed by atoms with Crippen LogP contribution in [0.3, 0.4) is 0 Å². The third-order valence-corrected chi connectivity index (χ3v) is 4.00. The first kappa shape index (κ1) is 13.1. The Labute approximate surface area is 95.4 Å². The minimum absolute atomic E-state index is 0.0425. The van der Waals surface area contributed by atoms with E-state index >= 15 is 0 Å². The zero-order chi connectivity index (χ0) is 12.2. The molecule has 0 heterocycles. The van der Waals surface area contributed by atoms with E-state index in [1.807, 2.05) is 0 Å². The van der Waals surface area contributed by atoms with Crippen molar-refractivity contribution in [1.29, 1.82) is 0 Å². The first-order valence-electron chi connectivity index (χ1n) is 5.10. The van der Waals surface area contributed by atoms with Crippen LogP contribution in [0.2, 0.25) is 0 Å². The lowest BCUT2D eigenvalue weighted by Gasteiger charge is -2.06. The van der Waals surface area contributed by atoms with Crippen LogP contribution in [0.15, 0.2) is 18.2 Å². The average molecular weight is 245 g/mol. The summed E-state index contributed by atoms with van der Waals surface area (Å²) in [4.78, 5) is 0. The van der Waals surface area contributed by atoms with Crippen molar-refractivity contribution in [2.24, 2.45) is 5.73 Å². The molecule has 0 aliphatic rings. The second-order valence-electron chi connectivity index (χ2n) is 3.81. The zero-order valence-electron chi connectivity index (χ0n) is 9.24. The molecule has 5 heteroatoms. The van der Waals surface area contributed by atoms with Crippen molar-refractivity contribution < 1.29 is 12.8 Å². The van der Waals surface area contributed by atoms with E-state index in [9.17, 15) is 12.8 Å². The minimum atomic E-state index is -3.13. The van der Waals surface area contributed by atoms with Gasteiger partial charge in [0.05, 0.1) is 11.5 Å². The van der Waals surface area contributed by atoms with E-state index in [0.717, 1.165) is 0 Å². The number of sulfone groups is 1. The Kier molecular flexibility index (Phi) is 4.44. The lowest BCUT2D eigenvalue weighted by atomic mass is 10.1. The Morgan fingerprint density at radius 2 is 2.06 bits per heavy atom. The fourth-order valence-electron chi connectivity index (χ4n) is 1.43. The Morgan fingerprint density at radius 3 is 2.62 bits per heavy atom. The van der Waals surface area contributed by atoms with Crippen LogP contribution >= 0.6 is 0 Å². The summed E-state index contributed by atoms with van der Waals surface area (Å²) in [5.41, 5.74) is 6.58. The van der Waals surface area contributed by atoms with Crippen LogP contribution in [0.4, 0.5) is 4.39 Å². The summed E-state index contributed by atoms with van der Waals surface area (Å²) in [6, 6.07) is 4.14. The Bertz CT molecular complexity index is 457. The molecule has 0 saturated carbocycles. The predicted octanol–water partition coefficient (Wildman–Crippen LogP) is 1.40. The Balaban J connectivity index is 2.80. The molecular formula is C11H16FNO2S. The molecule has 90 valence electrons. The van der Waals surface area contributed by atoms with Gasteiger partial charge in [-0.05, 0) is 43.1 Å². The van der Waals surface area contributed by atoms with Gasteiger partial charge in [-0.25, -0.2) is 12.8 Å². The van der Waals surface area contributed by atoms with Crippen molar-refractivity contribution in [3.8, 4) is 0 Å². The van der Waals surface area contributed by atoms with Crippen molar-refractivity contribution >= 4 is 9.84 Å². The standard InChI is InChI=1S/C11H16FNO2S/c1-9-7-11(12)4-3-10(9)8-16(14,15)6-2-5-13/h3-4,7H,2,5-6,8,13H2,1H3. The molecule has 0 fully saturated rings. The van der Waals surface area contributed by atoms with E-state index in [2.05, 4.69) is 0 Å². The molecule has 0 aliphatic carbocycles. The van der Waals surface area contributed by atoms with E-state index in [4.69, 9.17) is 5.73 Å². The molecule has 0 bridgehead atoms. The van der Waals surface area contributed by atoms with E-state index in [1.165, 1.54) is 18.2 Å². The second kappa shape index (κ2) is 5.41. The third kappa shape index (κ3) is 3.90. The van der Waals surface area contributed by atoms with Crippen LogP contribution < -0.4 is 5.73 Å². The smallest absolute Gasteiger partial charge is 0.154 e. The van der Waals surface area contributed by atoms with Gasteiger partial charge in [0.2, 0.25) is 0 Å². The molecule has 0 saturated heterocycles. The maximum Gasteiger partial charge on any atom is 0.154 e. The summed E-state index contributed by atoms with van der Waals surface area (Å²) in [6.07, 6.45) is 0.461. The van der Waals surface area contributed by atoms with Crippen LogP contribution in [0.25, 0.3) is 0 Å². The second-order valence-corrected chi connectivity index (χ2v) is 5.99. The molecule has 1 aromatic carbocycles. The SMILES string of the molecule is Cc1cc(F)ccc1CS(=O)(=O)CCCN. The summed E-state index contributed by atoms with van der Waals surface area (Å²) in [5.74, 6) is -0.306. The normalized spacial score (nSPS) is 11.7. The number of hydrogen-bond donors (Lipinski definition) is 1. The van der Waals surface area contributed by atoms with Crippen LogP contribution in [-0.2, 0) is 15.6 Å². The molecule has 1 rings (SSSR count). The monoisotopic (exact) mass is 245 g/mol. The van der Waals surface area contributed by atoms with Crippen LogP contribution in [-0.4, -0.2) is 20.7 Å². The summed E-state index contributed by atoms with van der Waals surface area (Å²) < 4.78 is 36.1. The van der Waals surface area contributed by atoms with Gasteiger partial charge in [-0.3, -0.25) is 0 Å². The van der Waals surface area contributed by atoms with Crippen molar-refractivity contribution in [2.45, 2.75) is 19.1 Å². The molecule has 0 amide bonds. The van der Waals surface area contributed by atoms with Gasteiger partial charge >= 0.3 is 0 Å². The highest BCUT2D eigenvalue weighted by Crippen LogP contribution is 2.14. The van der Waals surface area contributed by atoms with Gasteiger partial charge in [0.15, 0.2) is 9.84 Å². The van der Waals surface area contributed by atoms with Crippen LogP contribution in [0.5, 0.6) is 0 Å². The molecule has 0 aliphatic heterocycles. The van der Waals surface area contributed by atoms with Gasteiger partial charge in [0.1, 0.15) is 5.82 Å². The quantitative estimate of drug-likeness (QED) is 0.853. The highest BCUT2D eigenvalue weighted by atomic mass is 32.2. The number of aryl methyl sites for hydroxylation is 1. The molecule has 2 N–H and O–H groups in total. The molecule has 0 radical (unpaired) electrons. The minimum Gasteiger partial charge on any atom is -0.330 e. The predicted molar refractivity (Wildman–Crippen MR) is 62.3 cm³/mol. The van der Waals surface area contributed by atoms with Crippen molar-refractivity contribution in [1.82, 2.24) is 0 Å². The number of halogens is 1. The highest BCUT2D eigenvalue weighted by Gasteiger charge is 2.13. The van der Waals surface area contributed by atoms with E-state index in [0.29, 0.717) is 24.1 Å². The van der Waals surface area contributed by atoms with E-state index in [-0.39, 0.29) is 17.3 Å². The number of benzene rings is 1. The summed E-state index contributed by atoms with van der Waals surface area (Å²) in [7, 11) is -3.13. The average Bonchev–Trinajstić information content (AvgIpc) is 2.19. The Morgan fingerprint density at radius 1 is 1.38 bits per heavy atom. The summed E-state index contributed by atoms with van der Waals surface area (Å²) >= 11 is 0. The largest absolute Gasteiger partial charge is 0.330 e. The lowest BCUT2D eigenvalue weighted by molar-refractivity contribution is 0.592. The summed E-state index contributed by atoms with van der Waals surface area (Å²) in [5, 5.41) is 0. The van der Waals surface area contributed by atoms with Gasteiger partial charge in [-0.1, -0.05) is 6.07 Å². The molecule has 16 heavy (non-hydrogen) atoms. The van der Waals surface area contributed by atoms with Crippen molar-refractivity contribution in [3.05, 3.63) is 35.1 Å². The van der Waals surface area contributed by atoms with Crippen LogP contribution in [0.1, 0.15) is 17.5 Å². The molecule has 0 atom stereocenters. The van der Waals surface area contributed by atoms with E-state index < -0.39 is 9.84 Å². The maximum atomic E-state index is 12.8. The van der Waals surface area contributed by atoms with Crippen LogP contribution in [0, 0.1) is 12.7 Å². The maximum absolute atomic E-state index is 12.8. The molecule has 0 aromatic heterocycles. The summed E-state index contributed by atoms with van der Waals surface area (Å²) in [6.45, 7) is 2.07. The van der Waals surface area contributed by atoms with Gasteiger partial charge < -0.3 is 5.73 Å². The molecule has 3 nitrogen and oxygen atoms in total. The molecule has 0 spiro atoms. The zero-order valence-corrected chi connectivity index (χ0v) is 10.1. The number of hydrogen-bond acceptors (Lipinski definition) is 3. The van der Waals surface area contributed by atoms with Gasteiger partial charge in [-0.15, -0.1) is 0 Å². The molecule has 0 unspecified atom stereocenters. The van der Waals surface area contributed by atoms with Gasteiger partial charge in [0.25, 0.3) is 0 Å². The fourth-order valence-corrected chi connectivity index (χ4v) is 2.98. The van der Waals surface area contributed by atoms with E-state index in [1.54, 1.807) is 6.92 Å². The third-order valence-electron chi connectivity index (χ3n) is 2.34. The lowest BCUT2D eigenvalue weighted by Crippen LogP contribution is -2.13. The van der Waals surface area contributed by atoms with Crippen molar-refractivity contribution in [2.75, 3.05) is 12.3 Å². The van der Waals surface area contributed by atoms with Gasteiger partial charge in [0, 0.05) is 0 Å². The first-order valence-corrected chi connectivity index (χ1v) is 6.92. The van der Waals surface area contributed by atoms with Crippen molar-refractivity contribution in [3.63, 3.8) is 0 Å². The van der Waals surface area contributed by atoms with Gasteiger partial charge in [-0.2, -0.15) is 0 Å². The molecule has 1 aromatic rings. The number of nitrogens with two attached hydrogens (primary N) is 1. The Hall–Kier alpha value is -0.940. The fraction of sp³-hybridized carbons (Fsp3) is 0.455. The topological polar surface area (TPSA) is 60.2 Å². The number of rotatable bonds is 5.